The van der Waals surface area contributed by atoms with Crippen LogP contribution in [-0.2, 0) is 11.4 Å². The molecule has 9 heteroatoms. The van der Waals surface area contributed by atoms with Gasteiger partial charge < -0.3 is 14.8 Å². The van der Waals surface area contributed by atoms with E-state index in [1.54, 1.807) is 24.3 Å². The standard InChI is InChI=1S/C24H24IN3O5/c1-2-32-22-13-17(11-18(14-26)24(29)27-19-5-3-4-6-19)12-21(25)23(22)33-15-16-7-9-20(10-8-16)28(30)31/h7-13,19H,2-6,15H2,1H3,(H,27,29)/b18-11-. The lowest BCUT2D eigenvalue weighted by molar-refractivity contribution is -0.384. The maximum atomic E-state index is 12.5. The number of nitro benzene ring substituents is 1. The fourth-order valence-corrected chi connectivity index (χ4v) is 4.37. The van der Waals surface area contributed by atoms with Crippen molar-refractivity contribution in [3.8, 4) is 17.6 Å². The fraction of sp³-hybridized carbons (Fsp3) is 0.333. The number of nitrogens with zero attached hydrogens (tertiary/aromatic N) is 2. The van der Waals surface area contributed by atoms with Gasteiger partial charge in [0, 0.05) is 18.2 Å². The van der Waals surface area contributed by atoms with Crippen LogP contribution in [0.5, 0.6) is 11.5 Å². The third-order valence-electron chi connectivity index (χ3n) is 5.23. The average molecular weight is 561 g/mol. The van der Waals surface area contributed by atoms with Crippen molar-refractivity contribution in [2.75, 3.05) is 6.61 Å². The summed E-state index contributed by atoms with van der Waals surface area (Å²) in [5, 5.41) is 23.3. The minimum atomic E-state index is -0.448. The zero-order valence-corrected chi connectivity index (χ0v) is 20.3. The number of carbonyl (C=O) groups is 1. The number of hydrogen-bond acceptors (Lipinski definition) is 6. The number of ether oxygens (including phenoxy) is 2. The molecule has 1 saturated carbocycles. The molecule has 172 valence electrons. The Kier molecular flexibility index (Phi) is 8.65. The molecule has 0 bridgehead atoms. The van der Waals surface area contributed by atoms with Gasteiger partial charge >= 0.3 is 0 Å². The molecule has 0 aromatic heterocycles. The Hall–Kier alpha value is -3.13. The second-order valence-electron chi connectivity index (χ2n) is 7.60. The van der Waals surface area contributed by atoms with Crippen LogP contribution < -0.4 is 14.8 Å². The molecule has 2 aromatic rings. The summed E-state index contributed by atoms with van der Waals surface area (Å²) in [6.45, 7) is 2.46. The van der Waals surface area contributed by atoms with Crippen molar-refractivity contribution in [3.05, 3.63) is 66.8 Å². The minimum Gasteiger partial charge on any atom is -0.490 e. The maximum absolute atomic E-state index is 12.5. The molecule has 0 heterocycles. The van der Waals surface area contributed by atoms with Gasteiger partial charge in [0.05, 0.1) is 15.1 Å². The van der Waals surface area contributed by atoms with E-state index in [0.29, 0.717) is 23.7 Å². The number of non-ortho nitro benzene ring substituents is 1. The topological polar surface area (TPSA) is 114 Å². The van der Waals surface area contributed by atoms with Crippen LogP contribution in [0.3, 0.4) is 0 Å². The summed E-state index contributed by atoms with van der Waals surface area (Å²) >= 11 is 2.12. The van der Waals surface area contributed by atoms with E-state index in [1.165, 1.54) is 12.1 Å². The van der Waals surface area contributed by atoms with Gasteiger partial charge in [0.25, 0.3) is 11.6 Å². The van der Waals surface area contributed by atoms with Gasteiger partial charge in [-0.2, -0.15) is 5.26 Å². The normalized spacial score (nSPS) is 13.9. The van der Waals surface area contributed by atoms with Crippen molar-refractivity contribution >= 4 is 40.3 Å². The minimum absolute atomic E-state index is 0.0183. The van der Waals surface area contributed by atoms with Crippen LogP contribution in [0, 0.1) is 25.0 Å². The van der Waals surface area contributed by atoms with Gasteiger partial charge in [-0.1, -0.05) is 12.8 Å². The predicted molar refractivity (Wildman–Crippen MR) is 132 cm³/mol. The zero-order chi connectivity index (χ0) is 23.8. The Bertz CT molecular complexity index is 1090. The highest BCUT2D eigenvalue weighted by atomic mass is 127. The van der Waals surface area contributed by atoms with E-state index in [1.807, 2.05) is 19.1 Å². The van der Waals surface area contributed by atoms with Gasteiger partial charge in [0.2, 0.25) is 0 Å². The van der Waals surface area contributed by atoms with Crippen LogP contribution >= 0.6 is 22.6 Å². The largest absolute Gasteiger partial charge is 0.490 e. The number of rotatable bonds is 9. The Balaban J connectivity index is 1.79. The molecule has 0 spiro atoms. The second-order valence-corrected chi connectivity index (χ2v) is 8.76. The molecule has 1 aliphatic carbocycles. The van der Waals surface area contributed by atoms with E-state index >= 15 is 0 Å². The van der Waals surface area contributed by atoms with Gasteiger partial charge in [-0.15, -0.1) is 0 Å². The smallest absolute Gasteiger partial charge is 0.269 e. The number of halogens is 1. The predicted octanol–water partition coefficient (Wildman–Crippen LogP) is 5.14. The van der Waals surface area contributed by atoms with Crippen LogP contribution in [-0.4, -0.2) is 23.5 Å². The first-order chi connectivity index (χ1) is 15.9. The first-order valence-electron chi connectivity index (χ1n) is 10.7. The maximum Gasteiger partial charge on any atom is 0.269 e. The van der Waals surface area contributed by atoms with E-state index in [2.05, 4.69) is 27.9 Å². The molecule has 0 aliphatic heterocycles. The van der Waals surface area contributed by atoms with Crippen molar-refractivity contribution in [2.45, 2.75) is 45.3 Å². The summed E-state index contributed by atoms with van der Waals surface area (Å²) in [7, 11) is 0. The summed E-state index contributed by atoms with van der Waals surface area (Å²) in [5.74, 6) is 0.656. The summed E-state index contributed by atoms with van der Waals surface area (Å²) in [6, 6.07) is 11.8. The van der Waals surface area contributed by atoms with Crippen LogP contribution in [0.2, 0.25) is 0 Å². The molecular formula is C24H24IN3O5. The molecule has 1 N–H and O–H groups in total. The van der Waals surface area contributed by atoms with E-state index in [4.69, 9.17) is 9.47 Å². The Labute approximate surface area is 205 Å². The fourth-order valence-electron chi connectivity index (χ4n) is 3.59. The van der Waals surface area contributed by atoms with Crippen LogP contribution in [0.25, 0.3) is 6.08 Å². The monoisotopic (exact) mass is 561 g/mol. The summed E-state index contributed by atoms with van der Waals surface area (Å²) in [5.41, 5.74) is 1.49. The van der Waals surface area contributed by atoms with E-state index in [-0.39, 0.29) is 29.8 Å². The number of nitro groups is 1. The highest BCUT2D eigenvalue weighted by Crippen LogP contribution is 2.35. The van der Waals surface area contributed by atoms with Crippen LogP contribution in [0.4, 0.5) is 5.69 Å². The molecule has 0 unspecified atom stereocenters. The van der Waals surface area contributed by atoms with E-state index in [0.717, 1.165) is 34.8 Å². The van der Waals surface area contributed by atoms with E-state index in [9.17, 15) is 20.2 Å². The van der Waals surface area contributed by atoms with Crippen LogP contribution in [0.1, 0.15) is 43.7 Å². The van der Waals surface area contributed by atoms with Crippen LogP contribution in [0.15, 0.2) is 42.0 Å². The molecular weight excluding hydrogens is 537 g/mol. The summed E-state index contributed by atoms with van der Waals surface area (Å²) in [4.78, 5) is 22.9. The third kappa shape index (κ3) is 6.68. The average Bonchev–Trinajstić information content (AvgIpc) is 3.30. The molecule has 0 radical (unpaired) electrons. The van der Waals surface area contributed by atoms with Crippen molar-refractivity contribution in [1.82, 2.24) is 5.32 Å². The van der Waals surface area contributed by atoms with Crippen molar-refractivity contribution in [2.24, 2.45) is 0 Å². The highest BCUT2D eigenvalue weighted by Gasteiger charge is 2.20. The molecule has 2 aromatic carbocycles. The lowest BCUT2D eigenvalue weighted by Gasteiger charge is -2.15. The molecule has 0 atom stereocenters. The Morgan fingerprint density at radius 2 is 1.97 bits per heavy atom. The molecule has 8 nitrogen and oxygen atoms in total. The lowest BCUT2D eigenvalue weighted by Crippen LogP contribution is -2.33. The number of benzene rings is 2. The third-order valence-corrected chi connectivity index (χ3v) is 6.03. The molecule has 33 heavy (non-hydrogen) atoms. The van der Waals surface area contributed by atoms with Gasteiger partial charge in [-0.05, 0) is 83.8 Å². The number of hydrogen-bond donors (Lipinski definition) is 1. The Morgan fingerprint density at radius 1 is 1.27 bits per heavy atom. The SMILES string of the molecule is CCOc1cc(/C=C(/C#N)C(=O)NC2CCCC2)cc(I)c1OCc1ccc([N+](=O)[O-])cc1. The summed E-state index contributed by atoms with van der Waals surface area (Å²) in [6.07, 6.45) is 5.62. The highest BCUT2D eigenvalue weighted by molar-refractivity contribution is 14.1. The van der Waals surface area contributed by atoms with Gasteiger partial charge in [0.15, 0.2) is 11.5 Å². The molecule has 3 rings (SSSR count). The second kappa shape index (κ2) is 11.7. The first kappa shape index (κ1) is 24.5. The zero-order valence-electron chi connectivity index (χ0n) is 18.2. The number of nitriles is 1. The quantitative estimate of drug-likeness (QED) is 0.149. The lowest BCUT2D eigenvalue weighted by atomic mass is 10.1. The van der Waals surface area contributed by atoms with Gasteiger partial charge in [-0.25, -0.2) is 0 Å². The van der Waals surface area contributed by atoms with E-state index < -0.39 is 4.92 Å². The first-order valence-corrected chi connectivity index (χ1v) is 11.7. The van der Waals surface area contributed by atoms with Crippen molar-refractivity contribution in [1.29, 1.82) is 5.26 Å². The summed E-state index contributed by atoms with van der Waals surface area (Å²) < 4.78 is 12.5. The molecule has 1 aliphatic rings. The molecule has 1 fully saturated rings. The Morgan fingerprint density at radius 3 is 2.58 bits per heavy atom. The molecule has 0 saturated heterocycles. The number of nitrogens with one attached hydrogen (secondary N) is 1. The van der Waals surface area contributed by atoms with Crippen molar-refractivity contribution < 1.29 is 19.2 Å². The molecule has 1 amide bonds. The van der Waals surface area contributed by atoms with Gasteiger partial charge in [-0.3, -0.25) is 14.9 Å². The van der Waals surface area contributed by atoms with Crippen molar-refractivity contribution in [3.63, 3.8) is 0 Å². The van der Waals surface area contributed by atoms with Gasteiger partial charge in [0.1, 0.15) is 18.2 Å². The number of carbonyl (C=O) groups excluding carboxylic acids is 1. The number of amides is 1.